The van der Waals surface area contributed by atoms with Crippen molar-refractivity contribution in [2.45, 2.75) is 19.9 Å². The Labute approximate surface area is 199 Å². The number of benzene rings is 3. The lowest BCUT2D eigenvalue weighted by Gasteiger charge is -2.28. The maximum atomic E-state index is 13.0. The van der Waals surface area contributed by atoms with Gasteiger partial charge in [-0.3, -0.25) is 9.10 Å². The summed E-state index contributed by atoms with van der Waals surface area (Å²) in [5.41, 5.74) is 1.52. The molecule has 0 saturated heterocycles. The van der Waals surface area contributed by atoms with Gasteiger partial charge in [-0.25, -0.2) is 13.2 Å². The van der Waals surface area contributed by atoms with Crippen LogP contribution in [0.1, 0.15) is 22.8 Å². The number of hydrogen-bond donors (Lipinski definition) is 1. The average Bonchev–Trinajstić information content (AvgIpc) is 2.81. The van der Waals surface area contributed by atoms with E-state index in [-0.39, 0.29) is 0 Å². The molecule has 8 nitrogen and oxygen atoms in total. The Morgan fingerprint density at radius 1 is 0.912 bits per heavy atom. The Bertz CT molecular complexity index is 1270. The summed E-state index contributed by atoms with van der Waals surface area (Å²) in [6, 6.07) is 19.4. The second-order valence-corrected chi connectivity index (χ2v) is 9.46. The quantitative estimate of drug-likeness (QED) is 0.479. The Kier molecular flexibility index (Phi) is 7.57. The molecule has 0 bridgehead atoms. The molecule has 1 amide bonds. The van der Waals surface area contributed by atoms with E-state index in [1.807, 2.05) is 18.2 Å². The lowest BCUT2D eigenvalue weighted by molar-refractivity contribution is -0.116. The van der Waals surface area contributed by atoms with Gasteiger partial charge in [0.1, 0.15) is 17.5 Å². The molecule has 0 heterocycles. The van der Waals surface area contributed by atoms with Crippen LogP contribution in [0.2, 0.25) is 0 Å². The number of amides is 1. The number of carbonyl (C=O) groups excluding carboxylic acids is 2. The van der Waals surface area contributed by atoms with Crippen molar-refractivity contribution in [2.24, 2.45) is 0 Å². The number of para-hydroxylation sites is 1. The molecule has 3 aromatic rings. The van der Waals surface area contributed by atoms with Gasteiger partial charge in [0.2, 0.25) is 15.9 Å². The van der Waals surface area contributed by atoms with Gasteiger partial charge in [-0.1, -0.05) is 24.3 Å². The lowest BCUT2D eigenvalue weighted by Crippen LogP contribution is -2.45. The molecule has 0 aliphatic heterocycles. The zero-order valence-electron chi connectivity index (χ0n) is 19.3. The molecule has 1 N–H and O–H groups in total. The first-order chi connectivity index (χ1) is 16.1. The van der Waals surface area contributed by atoms with Crippen molar-refractivity contribution in [3.63, 3.8) is 0 Å². The molecule has 34 heavy (non-hydrogen) atoms. The van der Waals surface area contributed by atoms with E-state index in [1.54, 1.807) is 61.5 Å². The number of sulfonamides is 1. The molecule has 3 aromatic carbocycles. The van der Waals surface area contributed by atoms with E-state index < -0.39 is 27.9 Å². The highest BCUT2D eigenvalue weighted by molar-refractivity contribution is 7.92. The fourth-order valence-electron chi connectivity index (χ4n) is 3.43. The number of ether oxygens (including phenoxy) is 2. The number of carbonyl (C=O) groups is 2. The fourth-order valence-corrected chi connectivity index (χ4v) is 4.61. The third-order valence-electron chi connectivity index (χ3n) is 5.16. The molecule has 0 unspecified atom stereocenters. The summed E-state index contributed by atoms with van der Waals surface area (Å²) in [5.74, 6) is 0.0839. The molecule has 0 radical (unpaired) electrons. The molecule has 0 aromatic heterocycles. The van der Waals surface area contributed by atoms with Crippen molar-refractivity contribution >= 4 is 33.3 Å². The number of hydrogen-bond acceptors (Lipinski definition) is 6. The second-order valence-electron chi connectivity index (χ2n) is 7.60. The van der Waals surface area contributed by atoms with Crippen LogP contribution in [0, 0.1) is 6.92 Å². The van der Waals surface area contributed by atoms with Gasteiger partial charge >= 0.3 is 5.97 Å². The molecule has 178 valence electrons. The van der Waals surface area contributed by atoms with Gasteiger partial charge in [-0.15, -0.1) is 0 Å². The number of rotatable bonds is 8. The summed E-state index contributed by atoms with van der Waals surface area (Å²) in [7, 11) is -2.53. The molecular weight excluding hydrogens is 456 g/mol. The summed E-state index contributed by atoms with van der Waals surface area (Å²) in [4.78, 5) is 25.0. The zero-order valence-corrected chi connectivity index (χ0v) is 20.1. The highest BCUT2D eigenvalue weighted by atomic mass is 32.2. The van der Waals surface area contributed by atoms with Gasteiger partial charge in [-0.2, -0.15) is 0 Å². The Hall–Kier alpha value is -3.85. The van der Waals surface area contributed by atoms with Crippen LogP contribution in [-0.4, -0.2) is 39.7 Å². The van der Waals surface area contributed by atoms with E-state index in [0.717, 1.165) is 10.6 Å². The molecule has 0 spiro atoms. The van der Waals surface area contributed by atoms with E-state index in [0.29, 0.717) is 34.0 Å². The molecule has 9 heteroatoms. The van der Waals surface area contributed by atoms with Crippen LogP contribution in [0.4, 0.5) is 11.4 Å². The van der Waals surface area contributed by atoms with E-state index in [2.05, 4.69) is 5.32 Å². The minimum atomic E-state index is -3.80. The molecule has 1 atom stereocenters. The summed E-state index contributed by atoms with van der Waals surface area (Å²) in [5, 5.41) is 2.72. The molecule has 0 fully saturated rings. The van der Waals surface area contributed by atoms with E-state index >= 15 is 0 Å². The lowest BCUT2D eigenvalue weighted by atomic mass is 10.1. The normalized spacial score (nSPS) is 11.9. The Morgan fingerprint density at radius 2 is 1.53 bits per heavy atom. The smallest absolute Gasteiger partial charge is 0.338 e. The second kappa shape index (κ2) is 10.4. The maximum absolute atomic E-state index is 13.0. The first-order valence-corrected chi connectivity index (χ1v) is 12.3. The SMILES string of the molecule is COC(=O)c1cccc(NC(=O)[C@@H](C)N(c2ccc(Oc3ccccc3)cc2)S(C)(=O)=O)c1C. The van der Waals surface area contributed by atoms with Gasteiger partial charge in [-0.05, 0) is 67.9 Å². The standard InChI is InChI=1S/C25H26N2O6S/c1-17-22(25(29)32-3)11-8-12-23(17)26-24(28)18(2)27(34(4,30)31)19-13-15-21(16-14-19)33-20-9-6-5-7-10-20/h5-16,18H,1-4H3,(H,26,28)/t18-/m1/s1. The zero-order chi connectivity index (χ0) is 24.9. The van der Waals surface area contributed by atoms with Crippen molar-refractivity contribution < 1.29 is 27.5 Å². The van der Waals surface area contributed by atoms with Crippen LogP contribution in [0.25, 0.3) is 0 Å². The fraction of sp³-hybridized carbons (Fsp3) is 0.200. The van der Waals surface area contributed by atoms with Crippen molar-refractivity contribution in [1.29, 1.82) is 0 Å². The summed E-state index contributed by atoms with van der Waals surface area (Å²) in [6.45, 7) is 3.16. The monoisotopic (exact) mass is 482 g/mol. The van der Waals surface area contributed by atoms with Crippen molar-refractivity contribution in [3.05, 3.63) is 83.9 Å². The number of nitrogens with one attached hydrogen (secondary N) is 1. The first kappa shape index (κ1) is 24.8. The first-order valence-electron chi connectivity index (χ1n) is 10.4. The van der Waals surface area contributed by atoms with Crippen LogP contribution < -0.4 is 14.4 Å². The van der Waals surface area contributed by atoms with Crippen molar-refractivity contribution in [1.82, 2.24) is 0 Å². The minimum Gasteiger partial charge on any atom is -0.465 e. The molecule has 0 aliphatic rings. The molecule has 0 saturated carbocycles. The summed E-state index contributed by atoms with van der Waals surface area (Å²) >= 11 is 0. The van der Waals surface area contributed by atoms with Gasteiger partial charge < -0.3 is 14.8 Å². The number of esters is 1. The predicted molar refractivity (Wildman–Crippen MR) is 131 cm³/mol. The summed E-state index contributed by atoms with van der Waals surface area (Å²) < 4.78 is 36.8. The maximum Gasteiger partial charge on any atom is 0.338 e. The largest absolute Gasteiger partial charge is 0.465 e. The van der Waals surface area contributed by atoms with Gasteiger partial charge in [0, 0.05) is 5.69 Å². The molecule has 3 rings (SSSR count). The van der Waals surface area contributed by atoms with E-state index in [4.69, 9.17) is 9.47 Å². The number of anilines is 2. The van der Waals surface area contributed by atoms with Crippen LogP contribution in [0.5, 0.6) is 11.5 Å². The summed E-state index contributed by atoms with van der Waals surface area (Å²) in [6.07, 6.45) is 1.04. The minimum absolute atomic E-state index is 0.307. The highest BCUT2D eigenvalue weighted by Gasteiger charge is 2.29. The number of methoxy groups -OCH3 is 1. The van der Waals surface area contributed by atoms with Gasteiger partial charge in [0.05, 0.1) is 24.6 Å². The number of nitrogens with zero attached hydrogens (tertiary/aromatic N) is 1. The Balaban J connectivity index is 1.83. The van der Waals surface area contributed by atoms with Crippen molar-refractivity contribution in [3.8, 4) is 11.5 Å². The average molecular weight is 483 g/mol. The Morgan fingerprint density at radius 3 is 2.12 bits per heavy atom. The van der Waals surface area contributed by atoms with Crippen molar-refractivity contribution in [2.75, 3.05) is 23.0 Å². The van der Waals surface area contributed by atoms with Crippen LogP contribution in [0.15, 0.2) is 72.8 Å². The topological polar surface area (TPSA) is 102 Å². The van der Waals surface area contributed by atoms with Crippen LogP contribution in [0.3, 0.4) is 0 Å². The van der Waals surface area contributed by atoms with E-state index in [1.165, 1.54) is 14.0 Å². The van der Waals surface area contributed by atoms with E-state index in [9.17, 15) is 18.0 Å². The van der Waals surface area contributed by atoms with Gasteiger partial charge in [0.25, 0.3) is 0 Å². The predicted octanol–water partition coefficient (Wildman–Crippen LogP) is 4.37. The van der Waals surface area contributed by atoms with Crippen LogP contribution in [-0.2, 0) is 19.6 Å². The van der Waals surface area contributed by atoms with Gasteiger partial charge in [0.15, 0.2) is 0 Å². The van der Waals surface area contributed by atoms with Crippen LogP contribution >= 0.6 is 0 Å². The molecular formula is C25H26N2O6S. The highest BCUT2D eigenvalue weighted by Crippen LogP contribution is 2.28. The third-order valence-corrected chi connectivity index (χ3v) is 6.40. The molecule has 0 aliphatic carbocycles. The third kappa shape index (κ3) is 5.74.